The van der Waals surface area contributed by atoms with Gasteiger partial charge in [-0.05, 0) is 55.7 Å². The molecular weight excluding hydrogens is 427 g/mol. The van der Waals surface area contributed by atoms with Crippen molar-refractivity contribution in [1.29, 1.82) is 0 Å². The lowest BCUT2D eigenvalue weighted by Gasteiger charge is -2.25. The number of hydrogen-bond donors (Lipinski definition) is 6. The van der Waals surface area contributed by atoms with Gasteiger partial charge in [0.15, 0.2) is 0 Å². The van der Waals surface area contributed by atoms with Gasteiger partial charge in [0.1, 0.15) is 12.3 Å². The van der Waals surface area contributed by atoms with E-state index >= 15 is 0 Å². The molecule has 2 atom stereocenters. The van der Waals surface area contributed by atoms with Gasteiger partial charge >= 0.3 is 13.4 Å². The number of amides is 4. The third-order valence-corrected chi connectivity index (χ3v) is 4.90. The van der Waals surface area contributed by atoms with E-state index in [1.165, 1.54) is 0 Å². The molecule has 11 heteroatoms. The summed E-state index contributed by atoms with van der Waals surface area (Å²) in [7, 11) is -2.05. The van der Waals surface area contributed by atoms with Gasteiger partial charge in [0.05, 0.1) is 0 Å². The average molecular weight is 464 g/mol. The zero-order valence-electron chi connectivity index (χ0n) is 19.7. The fourth-order valence-electron chi connectivity index (χ4n) is 3.21. The highest BCUT2D eigenvalue weighted by molar-refractivity contribution is 6.32. The number of urea groups is 1. The molecular formula is C22H37BN4O6. The van der Waals surface area contributed by atoms with Gasteiger partial charge in [-0.1, -0.05) is 39.3 Å². The standard InChI is InChI=1S/C22H37BN4O6/c1-4-5-7-16-9-11-17(12-10-16)20(28)26-18(8-6-13-25-22(24)30)21(29)27-19(14-15(2)3)33-23(31)32/h9-12,15,18-19,31-32H,4-8,13-14H2,1-3H3,(H,26,28)(H,27,29)(H3,24,25,30)/t18-,19+/m0/s1. The summed E-state index contributed by atoms with van der Waals surface area (Å²) in [6, 6.07) is 5.62. The Morgan fingerprint density at radius 3 is 2.30 bits per heavy atom. The lowest BCUT2D eigenvalue weighted by molar-refractivity contribution is -0.126. The molecule has 0 heterocycles. The van der Waals surface area contributed by atoms with E-state index < -0.39 is 37.4 Å². The average Bonchev–Trinajstić information content (AvgIpc) is 2.73. The number of unbranched alkanes of at least 4 members (excludes halogenated alkanes) is 1. The maximum atomic E-state index is 12.9. The van der Waals surface area contributed by atoms with Crippen LogP contribution < -0.4 is 21.7 Å². The summed E-state index contributed by atoms with van der Waals surface area (Å²) in [5.41, 5.74) is 6.62. The largest absolute Gasteiger partial charge is 0.635 e. The summed E-state index contributed by atoms with van der Waals surface area (Å²) in [6.07, 6.45) is 3.08. The summed E-state index contributed by atoms with van der Waals surface area (Å²) in [6.45, 7) is 6.14. The van der Waals surface area contributed by atoms with Crippen molar-refractivity contribution in [3.63, 3.8) is 0 Å². The van der Waals surface area contributed by atoms with Crippen molar-refractivity contribution in [3.05, 3.63) is 35.4 Å². The molecule has 0 bridgehead atoms. The van der Waals surface area contributed by atoms with Crippen LogP contribution in [0.2, 0.25) is 0 Å². The van der Waals surface area contributed by atoms with E-state index in [4.69, 9.17) is 20.4 Å². The van der Waals surface area contributed by atoms with Gasteiger partial charge < -0.3 is 36.4 Å². The van der Waals surface area contributed by atoms with Crippen molar-refractivity contribution >= 4 is 25.2 Å². The Labute approximate surface area is 195 Å². The van der Waals surface area contributed by atoms with Gasteiger partial charge in [-0.15, -0.1) is 0 Å². The molecule has 0 unspecified atom stereocenters. The molecule has 0 saturated heterocycles. The molecule has 0 saturated carbocycles. The Morgan fingerprint density at radius 1 is 1.09 bits per heavy atom. The molecule has 1 aromatic carbocycles. The molecule has 7 N–H and O–H groups in total. The highest BCUT2D eigenvalue weighted by Gasteiger charge is 2.26. The second-order valence-corrected chi connectivity index (χ2v) is 8.35. The molecule has 1 rings (SSSR count). The fraction of sp³-hybridized carbons (Fsp3) is 0.591. The van der Waals surface area contributed by atoms with Crippen LogP contribution in [0.5, 0.6) is 0 Å². The first-order valence-electron chi connectivity index (χ1n) is 11.4. The second kappa shape index (κ2) is 15.3. The van der Waals surface area contributed by atoms with Crippen molar-refractivity contribution in [2.75, 3.05) is 6.54 Å². The number of carbonyl (C=O) groups is 3. The molecule has 0 spiro atoms. The van der Waals surface area contributed by atoms with Gasteiger partial charge in [0.25, 0.3) is 5.91 Å². The Hall–Kier alpha value is -2.63. The fourth-order valence-corrected chi connectivity index (χ4v) is 3.21. The van der Waals surface area contributed by atoms with Crippen molar-refractivity contribution in [2.24, 2.45) is 11.7 Å². The molecule has 1 aromatic rings. The van der Waals surface area contributed by atoms with Gasteiger partial charge in [0.2, 0.25) is 5.91 Å². The first-order valence-corrected chi connectivity index (χ1v) is 11.4. The van der Waals surface area contributed by atoms with Crippen LogP contribution in [-0.4, -0.2) is 54.0 Å². The van der Waals surface area contributed by atoms with Gasteiger partial charge in [0, 0.05) is 12.1 Å². The lowest BCUT2D eigenvalue weighted by atomic mass is 10.0. The number of nitrogens with two attached hydrogens (primary N) is 1. The van der Waals surface area contributed by atoms with Crippen molar-refractivity contribution < 1.29 is 29.1 Å². The SMILES string of the molecule is CCCCc1ccc(C(=O)N[C@@H](CCCNC(N)=O)C(=O)N[C@@H](CC(C)C)OB(O)O)cc1. The van der Waals surface area contributed by atoms with Crippen LogP contribution in [0, 0.1) is 5.92 Å². The number of hydrogen-bond acceptors (Lipinski definition) is 6. The highest BCUT2D eigenvalue weighted by atomic mass is 16.6. The van der Waals surface area contributed by atoms with Gasteiger partial charge in [-0.25, -0.2) is 4.79 Å². The first kappa shape index (κ1) is 28.4. The molecule has 0 aliphatic carbocycles. The number of rotatable bonds is 15. The number of nitrogens with one attached hydrogen (secondary N) is 3. The van der Waals surface area contributed by atoms with Crippen molar-refractivity contribution in [3.8, 4) is 0 Å². The van der Waals surface area contributed by atoms with Crippen LogP contribution >= 0.6 is 0 Å². The molecule has 0 aliphatic rings. The number of primary amides is 1. The zero-order valence-corrected chi connectivity index (χ0v) is 19.7. The van der Waals surface area contributed by atoms with E-state index in [9.17, 15) is 14.4 Å². The minimum atomic E-state index is -2.05. The van der Waals surface area contributed by atoms with Crippen LogP contribution in [0.1, 0.15) is 68.8 Å². The summed E-state index contributed by atoms with van der Waals surface area (Å²) >= 11 is 0. The molecule has 0 aromatic heterocycles. The summed E-state index contributed by atoms with van der Waals surface area (Å²) < 4.78 is 4.97. The maximum Gasteiger partial charge on any atom is 0.635 e. The van der Waals surface area contributed by atoms with Gasteiger partial charge in [-0.2, -0.15) is 0 Å². The van der Waals surface area contributed by atoms with E-state index in [1.54, 1.807) is 12.1 Å². The smallest absolute Gasteiger partial charge is 0.402 e. The van der Waals surface area contributed by atoms with Crippen LogP contribution in [0.15, 0.2) is 24.3 Å². The van der Waals surface area contributed by atoms with Crippen LogP contribution in [0.3, 0.4) is 0 Å². The highest BCUT2D eigenvalue weighted by Crippen LogP contribution is 2.10. The minimum Gasteiger partial charge on any atom is -0.402 e. The first-order chi connectivity index (χ1) is 15.6. The molecule has 0 radical (unpaired) electrons. The molecule has 0 fully saturated rings. The van der Waals surface area contributed by atoms with E-state index in [2.05, 4.69) is 22.9 Å². The predicted molar refractivity (Wildman–Crippen MR) is 126 cm³/mol. The predicted octanol–water partition coefficient (Wildman–Crippen LogP) is 1.05. The third kappa shape index (κ3) is 12.3. The van der Waals surface area contributed by atoms with E-state index in [1.807, 2.05) is 26.0 Å². The summed E-state index contributed by atoms with van der Waals surface area (Å²) in [4.78, 5) is 36.6. The normalized spacial score (nSPS) is 12.7. The minimum absolute atomic E-state index is 0.105. The van der Waals surface area contributed by atoms with Gasteiger partial charge in [-0.3, -0.25) is 9.59 Å². The molecule has 10 nitrogen and oxygen atoms in total. The Balaban J connectivity index is 2.87. The lowest BCUT2D eigenvalue weighted by Crippen LogP contribution is -2.51. The summed E-state index contributed by atoms with van der Waals surface area (Å²) in [5, 5.41) is 26.1. The Bertz CT molecular complexity index is 735. The zero-order chi connectivity index (χ0) is 24.8. The molecule has 33 heavy (non-hydrogen) atoms. The van der Waals surface area contributed by atoms with E-state index in [0.29, 0.717) is 18.4 Å². The quantitative estimate of drug-likeness (QED) is 0.129. The van der Waals surface area contributed by atoms with Crippen molar-refractivity contribution in [2.45, 2.75) is 71.6 Å². The molecule has 4 amide bonds. The summed E-state index contributed by atoms with van der Waals surface area (Å²) in [5.74, 6) is -0.843. The maximum absolute atomic E-state index is 12.9. The van der Waals surface area contributed by atoms with Crippen LogP contribution in [0.25, 0.3) is 0 Å². The number of carbonyl (C=O) groups excluding carboxylic acids is 3. The Kier molecular flexibility index (Phi) is 13.1. The Morgan fingerprint density at radius 2 is 1.76 bits per heavy atom. The monoisotopic (exact) mass is 464 g/mol. The molecule has 0 aliphatic heterocycles. The number of benzene rings is 1. The second-order valence-electron chi connectivity index (χ2n) is 8.35. The van der Waals surface area contributed by atoms with E-state index in [0.717, 1.165) is 24.8 Å². The van der Waals surface area contributed by atoms with Crippen LogP contribution in [-0.2, 0) is 15.9 Å². The number of aryl methyl sites for hydroxylation is 1. The van der Waals surface area contributed by atoms with Crippen molar-refractivity contribution in [1.82, 2.24) is 16.0 Å². The third-order valence-electron chi connectivity index (χ3n) is 4.90. The topological polar surface area (TPSA) is 163 Å². The molecule has 184 valence electrons. The van der Waals surface area contributed by atoms with Crippen LogP contribution in [0.4, 0.5) is 4.79 Å². The van der Waals surface area contributed by atoms with E-state index in [-0.39, 0.29) is 18.9 Å².